The molecule has 0 unspecified atom stereocenters. The minimum Gasteiger partial charge on any atom is -0.493 e. The maximum absolute atomic E-state index is 5.94. The second kappa shape index (κ2) is 6.14. The largest absolute Gasteiger partial charge is 0.493 e. The molecule has 0 bridgehead atoms. The molecule has 1 aromatic carbocycles. The van der Waals surface area contributed by atoms with E-state index in [0.29, 0.717) is 12.5 Å². The van der Waals surface area contributed by atoms with E-state index in [9.17, 15) is 0 Å². The third kappa shape index (κ3) is 4.55. The lowest BCUT2D eigenvalue weighted by Crippen LogP contribution is -2.23. The van der Waals surface area contributed by atoms with Crippen molar-refractivity contribution in [3.05, 3.63) is 28.2 Å². The highest BCUT2D eigenvalue weighted by molar-refractivity contribution is 9.10. The van der Waals surface area contributed by atoms with E-state index < -0.39 is 0 Å². The minimum absolute atomic E-state index is 0.102. The molecule has 96 valence electrons. The monoisotopic (exact) mass is 316 g/mol. The van der Waals surface area contributed by atoms with Gasteiger partial charge in [0.05, 0.1) is 6.61 Å². The van der Waals surface area contributed by atoms with Crippen LogP contribution >= 0.6 is 28.6 Å². The minimum atomic E-state index is 0.102. The van der Waals surface area contributed by atoms with Gasteiger partial charge in [-0.3, -0.25) is 0 Å². The molecule has 0 aliphatic heterocycles. The smallest absolute Gasteiger partial charge is 0.122 e. The molecular formula is C14H21BrOS. The van der Waals surface area contributed by atoms with Crippen LogP contribution in [0.4, 0.5) is 0 Å². The summed E-state index contributed by atoms with van der Waals surface area (Å²) >= 11 is 7.84. The van der Waals surface area contributed by atoms with Gasteiger partial charge in [0, 0.05) is 9.89 Å². The van der Waals surface area contributed by atoms with Gasteiger partial charge in [0.2, 0.25) is 0 Å². The van der Waals surface area contributed by atoms with E-state index in [1.807, 2.05) is 12.1 Å². The molecule has 0 radical (unpaired) electrons. The van der Waals surface area contributed by atoms with Crippen molar-refractivity contribution in [1.29, 1.82) is 0 Å². The highest BCUT2D eigenvalue weighted by atomic mass is 79.9. The number of benzene rings is 1. The van der Waals surface area contributed by atoms with Crippen LogP contribution < -0.4 is 4.74 Å². The fourth-order valence-electron chi connectivity index (χ4n) is 1.42. The van der Waals surface area contributed by atoms with Gasteiger partial charge in [-0.25, -0.2) is 0 Å². The summed E-state index contributed by atoms with van der Waals surface area (Å²) in [7, 11) is 0. The van der Waals surface area contributed by atoms with E-state index in [4.69, 9.17) is 4.74 Å². The van der Waals surface area contributed by atoms with Crippen molar-refractivity contribution in [2.75, 3.05) is 12.4 Å². The predicted molar refractivity (Wildman–Crippen MR) is 81.4 cm³/mol. The Morgan fingerprint density at radius 1 is 1.35 bits per heavy atom. The Balaban J connectivity index is 2.84. The van der Waals surface area contributed by atoms with Crippen LogP contribution in [0, 0.1) is 5.41 Å². The first kappa shape index (κ1) is 14.9. The number of halogens is 1. The van der Waals surface area contributed by atoms with E-state index in [-0.39, 0.29) is 5.41 Å². The van der Waals surface area contributed by atoms with Crippen molar-refractivity contribution in [3.63, 3.8) is 0 Å². The second-order valence-corrected chi connectivity index (χ2v) is 6.68. The Morgan fingerprint density at radius 2 is 2.00 bits per heavy atom. The summed E-state index contributed by atoms with van der Waals surface area (Å²) in [6.07, 6.45) is 0. The highest BCUT2D eigenvalue weighted by Gasteiger charge is 2.18. The number of hydrogen-bond donors (Lipinski definition) is 1. The Kier molecular flexibility index (Phi) is 5.39. The van der Waals surface area contributed by atoms with Gasteiger partial charge in [-0.15, -0.1) is 0 Å². The number of rotatable bonds is 5. The van der Waals surface area contributed by atoms with Gasteiger partial charge in [0.25, 0.3) is 0 Å². The maximum Gasteiger partial charge on any atom is 0.122 e. The van der Waals surface area contributed by atoms with E-state index >= 15 is 0 Å². The highest BCUT2D eigenvalue weighted by Crippen LogP contribution is 2.30. The van der Waals surface area contributed by atoms with Gasteiger partial charge in [-0.1, -0.05) is 43.6 Å². The SMILES string of the molecule is CC(C)c1cc(Br)ccc1OCC(C)(C)CS. The topological polar surface area (TPSA) is 9.23 Å². The van der Waals surface area contributed by atoms with Crippen molar-refractivity contribution < 1.29 is 4.74 Å². The summed E-state index contributed by atoms with van der Waals surface area (Å²) in [5.41, 5.74) is 1.35. The molecule has 17 heavy (non-hydrogen) atoms. The molecule has 0 fully saturated rings. The first-order valence-electron chi connectivity index (χ1n) is 5.89. The van der Waals surface area contributed by atoms with Crippen LogP contribution in [0.5, 0.6) is 5.75 Å². The van der Waals surface area contributed by atoms with Gasteiger partial charge in [0.15, 0.2) is 0 Å². The Hall–Kier alpha value is -0.150. The molecule has 3 heteroatoms. The lowest BCUT2D eigenvalue weighted by molar-refractivity contribution is 0.200. The van der Waals surface area contributed by atoms with Gasteiger partial charge in [-0.05, 0) is 35.4 Å². The predicted octanol–water partition coefficient (Wildman–Crippen LogP) is 4.91. The second-order valence-electron chi connectivity index (χ2n) is 5.45. The molecule has 0 spiro atoms. The van der Waals surface area contributed by atoms with Crippen LogP contribution in [0.1, 0.15) is 39.2 Å². The lowest BCUT2D eigenvalue weighted by Gasteiger charge is -2.24. The first-order valence-corrected chi connectivity index (χ1v) is 7.31. The van der Waals surface area contributed by atoms with Crippen molar-refractivity contribution in [3.8, 4) is 5.75 Å². The Labute approximate surface area is 118 Å². The fourth-order valence-corrected chi connectivity index (χ4v) is 1.89. The third-order valence-electron chi connectivity index (χ3n) is 2.64. The van der Waals surface area contributed by atoms with E-state index in [2.05, 4.69) is 62.3 Å². The summed E-state index contributed by atoms with van der Waals surface area (Å²) in [4.78, 5) is 0. The molecule has 0 aliphatic carbocycles. The van der Waals surface area contributed by atoms with Crippen LogP contribution in [-0.4, -0.2) is 12.4 Å². The normalized spacial score (nSPS) is 11.9. The van der Waals surface area contributed by atoms with Crippen LogP contribution in [0.3, 0.4) is 0 Å². The maximum atomic E-state index is 5.94. The third-order valence-corrected chi connectivity index (χ3v) is 3.99. The average molecular weight is 317 g/mol. The van der Waals surface area contributed by atoms with Crippen molar-refractivity contribution >= 4 is 28.6 Å². The van der Waals surface area contributed by atoms with E-state index in [0.717, 1.165) is 16.0 Å². The summed E-state index contributed by atoms with van der Waals surface area (Å²) in [6, 6.07) is 6.19. The number of thiol groups is 1. The fraction of sp³-hybridized carbons (Fsp3) is 0.571. The molecule has 1 nitrogen and oxygen atoms in total. The summed E-state index contributed by atoms with van der Waals surface area (Å²) in [6.45, 7) is 9.37. The summed E-state index contributed by atoms with van der Waals surface area (Å²) in [5.74, 6) is 2.26. The zero-order valence-electron chi connectivity index (χ0n) is 11.0. The zero-order chi connectivity index (χ0) is 13.1. The van der Waals surface area contributed by atoms with Gasteiger partial charge < -0.3 is 4.74 Å². The van der Waals surface area contributed by atoms with E-state index in [1.54, 1.807) is 0 Å². The molecular weight excluding hydrogens is 296 g/mol. The molecule has 0 atom stereocenters. The molecule has 0 N–H and O–H groups in total. The van der Waals surface area contributed by atoms with Crippen LogP contribution in [0.25, 0.3) is 0 Å². The van der Waals surface area contributed by atoms with Crippen molar-refractivity contribution in [2.24, 2.45) is 5.41 Å². The Morgan fingerprint density at radius 3 is 2.53 bits per heavy atom. The van der Waals surface area contributed by atoms with Crippen LogP contribution in [0.2, 0.25) is 0 Å². The molecule has 0 aromatic heterocycles. The molecule has 0 aliphatic rings. The quantitative estimate of drug-likeness (QED) is 0.759. The van der Waals surface area contributed by atoms with Crippen molar-refractivity contribution in [2.45, 2.75) is 33.6 Å². The number of hydrogen-bond acceptors (Lipinski definition) is 2. The zero-order valence-corrected chi connectivity index (χ0v) is 13.4. The first-order chi connectivity index (χ1) is 7.85. The average Bonchev–Trinajstić information content (AvgIpc) is 2.27. The summed E-state index contributed by atoms with van der Waals surface area (Å²) in [5, 5.41) is 0. The molecule has 0 amide bonds. The van der Waals surface area contributed by atoms with E-state index in [1.165, 1.54) is 5.56 Å². The van der Waals surface area contributed by atoms with Gasteiger partial charge in [0.1, 0.15) is 5.75 Å². The molecule has 1 rings (SSSR count). The van der Waals surface area contributed by atoms with Gasteiger partial charge in [-0.2, -0.15) is 12.6 Å². The number of ether oxygens (including phenoxy) is 1. The Bertz CT molecular complexity index is 374. The molecule has 0 saturated carbocycles. The summed E-state index contributed by atoms with van der Waals surface area (Å²) < 4.78 is 7.04. The lowest BCUT2D eigenvalue weighted by atomic mass is 9.97. The van der Waals surface area contributed by atoms with Crippen molar-refractivity contribution in [1.82, 2.24) is 0 Å². The standard InChI is InChI=1S/C14H21BrOS/c1-10(2)12-7-11(15)5-6-13(12)16-8-14(3,4)9-17/h5-7,10,17H,8-9H2,1-4H3. The molecule has 1 aromatic rings. The van der Waals surface area contributed by atoms with Gasteiger partial charge >= 0.3 is 0 Å². The van der Waals surface area contributed by atoms with Crippen LogP contribution in [-0.2, 0) is 0 Å². The molecule has 0 heterocycles. The van der Waals surface area contributed by atoms with Crippen LogP contribution in [0.15, 0.2) is 22.7 Å². The molecule has 0 saturated heterocycles.